The molecule has 8 nitrogen and oxygen atoms in total. The number of hydrogen-bond acceptors (Lipinski definition) is 6. The van der Waals surface area contributed by atoms with Crippen molar-refractivity contribution in [1.82, 2.24) is 4.90 Å². The molecule has 3 atom stereocenters. The van der Waals surface area contributed by atoms with Gasteiger partial charge in [0.1, 0.15) is 11.5 Å². The van der Waals surface area contributed by atoms with Crippen molar-refractivity contribution in [2.45, 2.75) is 63.6 Å². The third kappa shape index (κ3) is 8.95. The standard InChI is InChI=1S/C38H43N3O5/c42-27-28-14-16-29(17-15-28)36-25-35(26-41-22-7-2-1-3-8-23-41)45-37(46-36)30-10-9-11-32(24-30)40-38(43)39-31-18-20-34(21-19-31)44-33-12-5-4-6-13-33/h4-6,9-21,24,35-37,42H,1-3,7-8,22-23,25-27H2,(H2,39,40,43)/t35-,36+,37+/m0/s1. The van der Waals surface area contributed by atoms with Crippen LogP contribution in [0.4, 0.5) is 16.2 Å². The third-order valence-electron chi connectivity index (χ3n) is 8.53. The molecule has 2 saturated heterocycles. The van der Waals surface area contributed by atoms with Crippen molar-refractivity contribution in [2.24, 2.45) is 0 Å². The van der Waals surface area contributed by atoms with Gasteiger partial charge in [0.15, 0.2) is 6.29 Å². The Balaban J connectivity index is 1.11. The van der Waals surface area contributed by atoms with Crippen molar-refractivity contribution in [2.75, 3.05) is 30.3 Å². The molecule has 240 valence electrons. The van der Waals surface area contributed by atoms with Crippen molar-refractivity contribution in [3.63, 3.8) is 0 Å². The van der Waals surface area contributed by atoms with Gasteiger partial charge in [0.25, 0.3) is 0 Å². The normalized spacial score (nSPS) is 20.7. The Morgan fingerprint density at radius 3 is 2.17 bits per heavy atom. The van der Waals surface area contributed by atoms with Gasteiger partial charge in [-0.05, 0) is 85.6 Å². The fourth-order valence-electron chi connectivity index (χ4n) is 6.10. The van der Waals surface area contributed by atoms with Gasteiger partial charge in [0.2, 0.25) is 0 Å². The van der Waals surface area contributed by atoms with Crippen LogP contribution < -0.4 is 15.4 Å². The second kappa shape index (κ2) is 15.9. The number of amides is 2. The van der Waals surface area contributed by atoms with Crippen LogP contribution in [0.3, 0.4) is 0 Å². The Hall–Kier alpha value is -4.21. The van der Waals surface area contributed by atoms with E-state index >= 15 is 0 Å². The molecule has 2 aliphatic heterocycles. The quantitative estimate of drug-likeness (QED) is 0.174. The lowest BCUT2D eigenvalue weighted by molar-refractivity contribution is -0.253. The number of carbonyl (C=O) groups excluding carboxylic acids is 1. The lowest BCUT2D eigenvalue weighted by atomic mass is 9.99. The maximum Gasteiger partial charge on any atom is 0.323 e. The lowest BCUT2D eigenvalue weighted by Crippen LogP contribution is -2.40. The number of carbonyl (C=O) groups is 1. The van der Waals surface area contributed by atoms with Gasteiger partial charge in [0.05, 0.1) is 18.8 Å². The first-order chi connectivity index (χ1) is 22.6. The molecule has 2 fully saturated rings. The van der Waals surface area contributed by atoms with E-state index in [2.05, 4.69) is 15.5 Å². The summed E-state index contributed by atoms with van der Waals surface area (Å²) in [5.41, 5.74) is 4.07. The van der Waals surface area contributed by atoms with Gasteiger partial charge in [0, 0.05) is 29.9 Å². The minimum absolute atomic E-state index is 0.00514. The summed E-state index contributed by atoms with van der Waals surface area (Å²) >= 11 is 0. The van der Waals surface area contributed by atoms with Gasteiger partial charge < -0.3 is 34.9 Å². The van der Waals surface area contributed by atoms with Crippen LogP contribution in [0.1, 0.15) is 67.6 Å². The average Bonchev–Trinajstić information content (AvgIpc) is 3.07. The molecular formula is C38H43N3O5. The highest BCUT2D eigenvalue weighted by Gasteiger charge is 2.33. The zero-order chi connectivity index (χ0) is 31.6. The maximum atomic E-state index is 12.9. The Labute approximate surface area is 271 Å². The summed E-state index contributed by atoms with van der Waals surface area (Å²) in [5, 5.41) is 15.4. The van der Waals surface area contributed by atoms with E-state index in [-0.39, 0.29) is 24.8 Å². The van der Waals surface area contributed by atoms with Gasteiger partial charge in [-0.15, -0.1) is 0 Å². The molecule has 0 aromatic heterocycles. The predicted molar refractivity (Wildman–Crippen MR) is 180 cm³/mol. The summed E-state index contributed by atoms with van der Waals surface area (Å²) in [6, 6.07) is 32.1. The molecule has 3 N–H and O–H groups in total. The number of benzene rings is 4. The Kier molecular flexibility index (Phi) is 11.0. The number of urea groups is 1. The van der Waals surface area contributed by atoms with Crippen LogP contribution in [0.15, 0.2) is 103 Å². The SMILES string of the molecule is O=C(Nc1ccc(Oc2ccccc2)cc1)Nc1cccc([C@@H]2O[C@H](CN3CCCCCCC3)C[C@H](c3ccc(CO)cc3)O2)c1. The second-order valence-electron chi connectivity index (χ2n) is 12.1. The van der Waals surface area contributed by atoms with Crippen molar-refractivity contribution in [3.05, 3.63) is 120 Å². The van der Waals surface area contributed by atoms with E-state index in [1.165, 1.54) is 32.1 Å². The number of nitrogens with zero attached hydrogens (tertiary/aromatic N) is 1. The number of likely N-dealkylation sites (tertiary alicyclic amines) is 1. The molecular weight excluding hydrogens is 578 g/mol. The number of aliphatic hydroxyl groups is 1. The first kappa shape index (κ1) is 31.8. The second-order valence-corrected chi connectivity index (χ2v) is 12.1. The van der Waals surface area contributed by atoms with E-state index in [1.54, 1.807) is 12.1 Å². The molecule has 0 aliphatic carbocycles. The summed E-state index contributed by atoms with van der Waals surface area (Å²) < 4.78 is 19.0. The highest BCUT2D eigenvalue weighted by atomic mass is 16.7. The molecule has 0 saturated carbocycles. The smallest absolute Gasteiger partial charge is 0.323 e. The van der Waals surface area contributed by atoms with Crippen LogP contribution >= 0.6 is 0 Å². The number of nitrogens with one attached hydrogen (secondary N) is 2. The summed E-state index contributed by atoms with van der Waals surface area (Å²) in [6.45, 7) is 3.06. The average molecular weight is 622 g/mol. The van der Waals surface area contributed by atoms with Crippen molar-refractivity contribution >= 4 is 17.4 Å². The summed E-state index contributed by atoms with van der Waals surface area (Å²) in [7, 11) is 0. The first-order valence-electron chi connectivity index (χ1n) is 16.4. The van der Waals surface area contributed by atoms with Crippen LogP contribution in [-0.4, -0.2) is 41.8 Å². The molecule has 4 aromatic rings. The van der Waals surface area contributed by atoms with Gasteiger partial charge in [-0.2, -0.15) is 0 Å². The molecule has 2 heterocycles. The molecule has 2 aliphatic rings. The highest BCUT2D eigenvalue weighted by molar-refractivity contribution is 5.99. The number of para-hydroxylation sites is 1. The molecule has 4 aromatic carbocycles. The van der Waals surface area contributed by atoms with Gasteiger partial charge in [-0.1, -0.05) is 73.9 Å². The maximum absolute atomic E-state index is 12.9. The number of rotatable bonds is 9. The zero-order valence-corrected chi connectivity index (χ0v) is 26.1. The molecule has 0 radical (unpaired) electrons. The predicted octanol–water partition coefficient (Wildman–Crippen LogP) is 8.43. The molecule has 0 unspecified atom stereocenters. The number of ether oxygens (including phenoxy) is 3. The molecule has 6 rings (SSSR count). The van der Waals surface area contributed by atoms with E-state index < -0.39 is 6.29 Å². The number of aliphatic hydroxyl groups excluding tert-OH is 1. The van der Waals surface area contributed by atoms with Crippen molar-refractivity contribution in [3.8, 4) is 11.5 Å². The van der Waals surface area contributed by atoms with E-state index in [1.807, 2.05) is 91.0 Å². The third-order valence-corrected chi connectivity index (χ3v) is 8.53. The number of hydrogen-bond donors (Lipinski definition) is 3. The minimum atomic E-state index is -0.585. The van der Waals surface area contributed by atoms with Gasteiger partial charge in [-0.3, -0.25) is 0 Å². The summed E-state index contributed by atoms with van der Waals surface area (Å²) in [5.74, 6) is 1.44. The fraction of sp³-hybridized carbons (Fsp3) is 0.342. The Morgan fingerprint density at radius 1 is 0.739 bits per heavy atom. The minimum Gasteiger partial charge on any atom is -0.457 e. The largest absolute Gasteiger partial charge is 0.457 e. The topological polar surface area (TPSA) is 92.3 Å². The van der Waals surface area contributed by atoms with Gasteiger partial charge >= 0.3 is 6.03 Å². The van der Waals surface area contributed by atoms with Crippen LogP contribution in [-0.2, 0) is 16.1 Å². The van der Waals surface area contributed by atoms with E-state index in [4.69, 9.17) is 14.2 Å². The summed E-state index contributed by atoms with van der Waals surface area (Å²) in [6.07, 6.45) is 6.35. The van der Waals surface area contributed by atoms with Crippen LogP contribution in [0.2, 0.25) is 0 Å². The first-order valence-corrected chi connectivity index (χ1v) is 16.4. The van der Waals surface area contributed by atoms with Crippen LogP contribution in [0.25, 0.3) is 0 Å². The van der Waals surface area contributed by atoms with Gasteiger partial charge in [-0.25, -0.2) is 4.79 Å². The zero-order valence-electron chi connectivity index (χ0n) is 26.1. The fourth-order valence-corrected chi connectivity index (χ4v) is 6.10. The van der Waals surface area contributed by atoms with Crippen LogP contribution in [0.5, 0.6) is 11.5 Å². The lowest BCUT2D eigenvalue weighted by Gasteiger charge is -2.39. The van der Waals surface area contributed by atoms with E-state index in [0.717, 1.165) is 48.5 Å². The highest BCUT2D eigenvalue weighted by Crippen LogP contribution is 2.39. The Bertz CT molecular complexity index is 1520. The van der Waals surface area contributed by atoms with Crippen LogP contribution in [0, 0.1) is 0 Å². The number of anilines is 2. The molecule has 0 bridgehead atoms. The Morgan fingerprint density at radius 2 is 1.43 bits per heavy atom. The van der Waals surface area contributed by atoms with Crippen molar-refractivity contribution in [1.29, 1.82) is 0 Å². The molecule has 8 heteroatoms. The monoisotopic (exact) mass is 621 g/mol. The molecule has 2 amide bonds. The van der Waals surface area contributed by atoms with E-state index in [9.17, 15) is 9.90 Å². The summed E-state index contributed by atoms with van der Waals surface area (Å²) in [4.78, 5) is 15.5. The van der Waals surface area contributed by atoms with Crippen molar-refractivity contribution < 1.29 is 24.1 Å². The molecule has 46 heavy (non-hydrogen) atoms. The van der Waals surface area contributed by atoms with E-state index in [0.29, 0.717) is 17.1 Å². The molecule has 0 spiro atoms.